The third-order valence-corrected chi connectivity index (χ3v) is 7.90. The molecule has 0 N–H and O–H groups in total. The van der Waals surface area contributed by atoms with Gasteiger partial charge in [-0.1, -0.05) is 18.2 Å². The number of benzene rings is 2. The number of sulfonamides is 1. The van der Waals surface area contributed by atoms with Crippen LogP contribution in [-0.4, -0.2) is 49.7 Å². The van der Waals surface area contributed by atoms with Gasteiger partial charge in [-0.2, -0.15) is 9.57 Å². The number of hydrogen-bond donors (Lipinski definition) is 0. The minimum absolute atomic E-state index is 0.0361. The van der Waals surface area contributed by atoms with E-state index >= 15 is 0 Å². The Balaban J connectivity index is 1.32. The molecule has 0 unspecified atom stereocenters. The van der Waals surface area contributed by atoms with E-state index in [-0.39, 0.29) is 5.91 Å². The number of amides is 1. The molecule has 0 spiro atoms. The minimum Gasteiger partial charge on any atom is -0.340 e. The van der Waals surface area contributed by atoms with Crippen molar-refractivity contribution in [2.24, 2.45) is 0 Å². The number of fused-ring (bicyclic) bond motifs is 1. The minimum atomic E-state index is -3.53. The van der Waals surface area contributed by atoms with Crippen molar-refractivity contribution >= 4 is 15.9 Å². The first-order chi connectivity index (χ1) is 14.5. The van der Waals surface area contributed by atoms with Gasteiger partial charge >= 0.3 is 0 Å². The summed E-state index contributed by atoms with van der Waals surface area (Å²) in [5.41, 5.74) is 4.02. The van der Waals surface area contributed by atoms with E-state index in [2.05, 4.69) is 6.07 Å². The second kappa shape index (κ2) is 8.58. The van der Waals surface area contributed by atoms with Crippen molar-refractivity contribution in [3.05, 3.63) is 64.7 Å². The van der Waals surface area contributed by atoms with E-state index in [0.717, 1.165) is 30.4 Å². The Hall–Kier alpha value is -2.69. The zero-order valence-electron chi connectivity index (χ0n) is 16.9. The highest BCUT2D eigenvalue weighted by atomic mass is 32.2. The molecule has 4 rings (SSSR count). The first-order valence-electron chi connectivity index (χ1n) is 10.4. The number of carbonyl (C=O) groups is 1. The molecule has 0 saturated carbocycles. The Morgan fingerprint density at radius 1 is 0.967 bits per heavy atom. The lowest BCUT2D eigenvalue weighted by Gasteiger charge is -2.34. The van der Waals surface area contributed by atoms with Crippen molar-refractivity contribution in [1.29, 1.82) is 5.26 Å². The lowest BCUT2D eigenvalue weighted by Crippen LogP contribution is -2.50. The summed E-state index contributed by atoms with van der Waals surface area (Å²) < 4.78 is 27.5. The van der Waals surface area contributed by atoms with Gasteiger partial charge in [-0.15, -0.1) is 0 Å². The smallest absolute Gasteiger partial charge is 0.243 e. The molecule has 0 radical (unpaired) electrons. The molecule has 6 nitrogen and oxygen atoms in total. The predicted octanol–water partition coefficient (Wildman–Crippen LogP) is 2.51. The van der Waals surface area contributed by atoms with Crippen LogP contribution in [-0.2, 0) is 34.1 Å². The van der Waals surface area contributed by atoms with Crippen molar-refractivity contribution in [2.75, 3.05) is 26.2 Å². The highest BCUT2D eigenvalue weighted by Gasteiger charge is 2.30. The van der Waals surface area contributed by atoms with Gasteiger partial charge in [-0.25, -0.2) is 8.42 Å². The fourth-order valence-electron chi connectivity index (χ4n) is 4.19. The fourth-order valence-corrected chi connectivity index (χ4v) is 5.66. The summed E-state index contributed by atoms with van der Waals surface area (Å²) in [6.07, 6.45) is 4.04. The van der Waals surface area contributed by atoms with Gasteiger partial charge in [-0.3, -0.25) is 4.79 Å². The van der Waals surface area contributed by atoms with Crippen LogP contribution in [0.3, 0.4) is 0 Å². The number of aryl methyl sites for hydroxylation is 3. The molecule has 1 fully saturated rings. The van der Waals surface area contributed by atoms with E-state index in [1.807, 2.05) is 24.3 Å². The predicted molar refractivity (Wildman–Crippen MR) is 113 cm³/mol. The maximum Gasteiger partial charge on any atom is 0.243 e. The Bertz CT molecular complexity index is 1080. The van der Waals surface area contributed by atoms with Crippen LogP contribution in [0.25, 0.3) is 0 Å². The molecule has 1 aliphatic carbocycles. The van der Waals surface area contributed by atoms with Gasteiger partial charge < -0.3 is 4.90 Å². The zero-order chi connectivity index (χ0) is 21.1. The first-order valence-corrected chi connectivity index (χ1v) is 11.8. The molecule has 2 aliphatic rings. The van der Waals surface area contributed by atoms with Gasteiger partial charge in [0.2, 0.25) is 15.9 Å². The van der Waals surface area contributed by atoms with Gasteiger partial charge in [0, 0.05) is 32.6 Å². The van der Waals surface area contributed by atoms with Gasteiger partial charge in [0.1, 0.15) is 0 Å². The highest BCUT2D eigenvalue weighted by Crippen LogP contribution is 2.26. The van der Waals surface area contributed by atoms with Crippen LogP contribution in [0.5, 0.6) is 0 Å². The van der Waals surface area contributed by atoms with Crippen LogP contribution in [0, 0.1) is 11.3 Å². The molecule has 1 heterocycles. The van der Waals surface area contributed by atoms with E-state index in [0.29, 0.717) is 49.5 Å². The molecule has 1 amide bonds. The lowest BCUT2D eigenvalue weighted by atomic mass is 10.1. The SMILES string of the molecule is N#Cc1ccc(CCC(=O)N2CCN(S(=O)(=O)c3ccc4c(c3)CCC4)CC2)cc1. The van der Waals surface area contributed by atoms with Crippen molar-refractivity contribution in [1.82, 2.24) is 9.21 Å². The summed E-state index contributed by atoms with van der Waals surface area (Å²) in [6, 6.07) is 14.8. The largest absolute Gasteiger partial charge is 0.340 e. The molecule has 156 valence electrons. The molecule has 30 heavy (non-hydrogen) atoms. The van der Waals surface area contributed by atoms with E-state index < -0.39 is 10.0 Å². The van der Waals surface area contributed by atoms with E-state index in [1.165, 1.54) is 9.87 Å². The van der Waals surface area contributed by atoms with E-state index in [9.17, 15) is 13.2 Å². The number of nitrogens with zero attached hydrogens (tertiary/aromatic N) is 3. The number of nitriles is 1. The maximum absolute atomic E-state index is 13.0. The van der Waals surface area contributed by atoms with Crippen LogP contribution in [0.15, 0.2) is 47.4 Å². The normalized spacial score (nSPS) is 16.8. The Labute approximate surface area is 177 Å². The Morgan fingerprint density at radius 2 is 1.67 bits per heavy atom. The molecule has 1 aliphatic heterocycles. The third-order valence-electron chi connectivity index (χ3n) is 6.01. The number of hydrogen-bond acceptors (Lipinski definition) is 4. The molecule has 1 saturated heterocycles. The monoisotopic (exact) mass is 423 g/mol. The summed E-state index contributed by atoms with van der Waals surface area (Å²) in [6.45, 7) is 1.47. The third kappa shape index (κ3) is 4.25. The fraction of sp³-hybridized carbons (Fsp3) is 0.391. The van der Waals surface area contributed by atoms with Crippen LogP contribution < -0.4 is 0 Å². The van der Waals surface area contributed by atoms with Gasteiger partial charge in [-0.05, 0) is 66.6 Å². The quantitative estimate of drug-likeness (QED) is 0.740. The molecule has 7 heteroatoms. The molecular formula is C23H25N3O3S. The molecule has 0 atom stereocenters. The van der Waals surface area contributed by atoms with Gasteiger partial charge in [0.15, 0.2) is 0 Å². The van der Waals surface area contributed by atoms with Crippen LogP contribution >= 0.6 is 0 Å². The standard InChI is InChI=1S/C23H25N3O3S/c24-17-19-6-4-18(5-7-19)8-11-23(27)25-12-14-26(15-13-25)30(28,29)22-10-9-20-2-1-3-21(20)16-22/h4-7,9-10,16H,1-3,8,11-15H2. The van der Waals surface area contributed by atoms with E-state index in [4.69, 9.17) is 5.26 Å². The Kier molecular flexibility index (Phi) is 5.89. The average Bonchev–Trinajstić information content (AvgIpc) is 3.26. The second-order valence-corrected chi connectivity index (χ2v) is 9.82. The van der Waals surface area contributed by atoms with E-state index in [1.54, 1.807) is 23.1 Å². The van der Waals surface area contributed by atoms with Gasteiger partial charge in [0.25, 0.3) is 0 Å². The Morgan fingerprint density at radius 3 is 2.37 bits per heavy atom. The van der Waals surface area contributed by atoms with Crippen molar-refractivity contribution in [3.63, 3.8) is 0 Å². The summed E-state index contributed by atoms with van der Waals surface area (Å²) in [4.78, 5) is 14.7. The lowest BCUT2D eigenvalue weighted by molar-refractivity contribution is -0.132. The van der Waals surface area contributed by atoms with Gasteiger partial charge in [0.05, 0.1) is 16.5 Å². The summed E-state index contributed by atoms with van der Waals surface area (Å²) in [5, 5.41) is 8.85. The zero-order valence-corrected chi connectivity index (χ0v) is 17.7. The summed E-state index contributed by atoms with van der Waals surface area (Å²) in [7, 11) is -3.53. The highest BCUT2D eigenvalue weighted by molar-refractivity contribution is 7.89. The summed E-state index contributed by atoms with van der Waals surface area (Å²) in [5.74, 6) is 0.0361. The van der Waals surface area contributed by atoms with Crippen molar-refractivity contribution < 1.29 is 13.2 Å². The molecule has 2 aromatic carbocycles. The number of piperazine rings is 1. The van der Waals surface area contributed by atoms with Crippen LogP contribution in [0.2, 0.25) is 0 Å². The first kappa shape index (κ1) is 20.6. The average molecular weight is 424 g/mol. The number of carbonyl (C=O) groups excluding carboxylic acids is 1. The molecular weight excluding hydrogens is 398 g/mol. The summed E-state index contributed by atoms with van der Waals surface area (Å²) >= 11 is 0. The topological polar surface area (TPSA) is 81.5 Å². The maximum atomic E-state index is 13.0. The molecule has 0 aromatic heterocycles. The molecule has 0 bridgehead atoms. The van der Waals surface area contributed by atoms with Crippen LogP contribution in [0.1, 0.15) is 35.1 Å². The van der Waals surface area contributed by atoms with Crippen molar-refractivity contribution in [2.45, 2.75) is 37.0 Å². The van der Waals surface area contributed by atoms with Crippen LogP contribution in [0.4, 0.5) is 0 Å². The second-order valence-electron chi connectivity index (χ2n) is 7.88. The number of rotatable bonds is 5. The molecule has 2 aromatic rings. The van der Waals surface area contributed by atoms with Crippen molar-refractivity contribution in [3.8, 4) is 6.07 Å².